The molecule has 15 rings (SSSR count). The second-order valence-electron chi connectivity index (χ2n) is 23.9. The third-order valence-electron chi connectivity index (χ3n) is 18.1. The monoisotopic (exact) mass is 1170 g/mol. The van der Waals surface area contributed by atoms with Crippen LogP contribution in [0.15, 0.2) is 343 Å². The van der Waals surface area contributed by atoms with Gasteiger partial charge in [-0.3, -0.25) is 0 Å². The smallest absolute Gasteiger partial charge is 0.249 e. The fraction of sp³-hybridized carbons (Fsp3) is 0.0488. The molecular weight excluding hydrogens is 1100 g/mol. The van der Waals surface area contributed by atoms with E-state index in [1.54, 1.807) is 0 Å². The first-order valence-electron chi connectivity index (χ1n) is 32.5. The van der Waals surface area contributed by atoms with Crippen LogP contribution in [0.3, 0.4) is 0 Å². The predicted octanol–water partition coefficient (Wildman–Crippen LogP) is 13.5. The Morgan fingerprint density at radius 1 is 0.333 bits per heavy atom. The van der Waals surface area contributed by atoms with Crippen LogP contribution in [0.1, 0.15) is 33.2 Å². The lowest BCUT2D eigenvalue weighted by molar-refractivity contribution is 0.590. The molecule has 0 saturated carbocycles. The molecule has 0 amide bonds. The quantitative estimate of drug-likeness (QED) is 0.0886. The summed E-state index contributed by atoms with van der Waals surface area (Å²) in [5.41, 5.74) is 13.6. The number of nitrogens with zero attached hydrogens (tertiary/aromatic N) is 1. The number of hydrogen-bond acceptors (Lipinski definition) is 2. The molecule has 5 heteroatoms. The number of anilines is 3. The Kier molecular flexibility index (Phi) is 12.5. The van der Waals surface area contributed by atoms with Gasteiger partial charge in [0.15, 0.2) is 16.1 Å². The van der Waals surface area contributed by atoms with Gasteiger partial charge < -0.3 is 4.90 Å². The summed E-state index contributed by atoms with van der Waals surface area (Å²) >= 11 is 1.89. The Hall–Kier alpha value is -9.49. The van der Waals surface area contributed by atoms with Gasteiger partial charge in [-0.1, -0.05) is 335 Å². The maximum atomic E-state index is 9.23. The molecule has 0 spiro atoms. The second-order valence-corrected chi connectivity index (χ2v) is 32.6. The molecule has 2 aliphatic rings. The highest BCUT2D eigenvalue weighted by atomic mass is 32.2. The van der Waals surface area contributed by atoms with Crippen molar-refractivity contribution in [2.24, 2.45) is 0 Å². The van der Waals surface area contributed by atoms with Crippen molar-refractivity contribution in [1.82, 2.24) is 0 Å². The summed E-state index contributed by atoms with van der Waals surface area (Å²) in [7, 11) is -6.52. The SMILES string of the molecule is [2H]c1c([2H])c([2H])c(-c2cccc([Si](c3ccccc3)(c3ccccc3)c3ccc4c(c3)N(c3ccc(C(C)(C)C)cc3-c3ccccc3)c3cccc5c3B4c3ccc([Si](c4ccccc4)(c4ccccc4)c4cccc(-c6ccccc6)c4)cc3S5)c2)c([2H])c1[2H]. The number of rotatable bonds is 12. The number of hydrogen-bond donors (Lipinski definition) is 0. The second kappa shape index (κ2) is 22.4. The summed E-state index contributed by atoms with van der Waals surface area (Å²) in [5, 5.41) is 9.75. The molecule has 87 heavy (non-hydrogen) atoms. The Labute approximate surface area is 526 Å². The van der Waals surface area contributed by atoms with E-state index in [9.17, 15) is 2.74 Å². The summed E-state index contributed by atoms with van der Waals surface area (Å²) in [4.78, 5) is 5.03. The molecule has 0 aromatic heterocycles. The lowest BCUT2D eigenvalue weighted by Gasteiger charge is -2.43. The van der Waals surface area contributed by atoms with Crippen LogP contribution < -0.4 is 62.8 Å². The Morgan fingerprint density at radius 2 is 0.782 bits per heavy atom. The van der Waals surface area contributed by atoms with E-state index in [1.807, 2.05) is 23.9 Å². The highest BCUT2D eigenvalue weighted by Gasteiger charge is 2.47. The first-order valence-corrected chi connectivity index (χ1v) is 34.8. The third-order valence-corrected chi connectivity index (χ3v) is 28.7. The lowest BCUT2D eigenvalue weighted by Crippen LogP contribution is -2.75. The fourth-order valence-electron chi connectivity index (χ4n) is 14.1. The Bertz CT molecular complexity index is 4850. The van der Waals surface area contributed by atoms with E-state index >= 15 is 0 Å². The van der Waals surface area contributed by atoms with E-state index < -0.39 is 22.2 Å². The summed E-state index contributed by atoms with van der Waals surface area (Å²) in [5.74, 6) is 0. The van der Waals surface area contributed by atoms with Crippen molar-refractivity contribution < 1.29 is 6.85 Å². The van der Waals surface area contributed by atoms with Crippen LogP contribution >= 0.6 is 11.8 Å². The van der Waals surface area contributed by atoms with Crippen LogP contribution in [0.25, 0.3) is 33.4 Å². The average Bonchev–Trinajstić information content (AvgIpc) is 0.711. The molecule has 0 atom stereocenters. The Balaban J connectivity index is 1.01. The largest absolute Gasteiger partial charge is 0.311 e. The van der Waals surface area contributed by atoms with Crippen LogP contribution in [0, 0.1) is 0 Å². The lowest BCUT2D eigenvalue weighted by atomic mass is 9.35. The van der Waals surface area contributed by atoms with E-state index in [0.717, 1.165) is 48.9 Å². The van der Waals surface area contributed by atoms with Crippen LogP contribution in [-0.4, -0.2) is 22.9 Å². The Morgan fingerprint density at radius 3 is 1.32 bits per heavy atom. The van der Waals surface area contributed by atoms with Gasteiger partial charge in [0.25, 0.3) is 0 Å². The normalized spacial score (nSPS) is 13.5. The van der Waals surface area contributed by atoms with Gasteiger partial charge in [0.1, 0.15) is 0 Å². The number of fused-ring (bicyclic) bond motifs is 4. The minimum atomic E-state index is -3.46. The maximum absolute atomic E-state index is 9.23. The van der Waals surface area contributed by atoms with Gasteiger partial charge >= 0.3 is 0 Å². The van der Waals surface area contributed by atoms with Crippen LogP contribution in [0.4, 0.5) is 17.1 Å². The molecule has 0 aliphatic carbocycles. The predicted molar refractivity (Wildman–Crippen MR) is 379 cm³/mol. The zero-order chi connectivity index (χ0) is 62.9. The fourth-order valence-corrected chi connectivity index (χ4v) is 25.0. The van der Waals surface area contributed by atoms with E-state index in [1.165, 1.54) is 63.6 Å². The third kappa shape index (κ3) is 9.32. The zero-order valence-corrected chi connectivity index (χ0v) is 51.6. The van der Waals surface area contributed by atoms with Crippen molar-refractivity contribution in [2.75, 3.05) is 4.90 Å². The van der Waals surface area contributed by atoms with Gasteiger partial charge in [0.2, 0.25) is 6.71 Å². The van der Waals surface area contributed by atoms with Gasteiger partial charge in [-0.2, -0.15) is 0 Å². The average molecular weight is 1170 g/mol. The van der Waals surface area contributed by atoms with Gasteiger partial charge in [-0.05, 0) is 128 Å². The molecule has 13 aromatic rings. The molecule has 414 valence electrons. The van der Waals surface area contributed by atoms with Crippen LogP contribution in [0.5, 0.6) is 0 Å². The van der Waals surface area contributed by atoms with Gasteiger partial charge in [-0.25, -0.2) is 0 Å². The first kappa shape index (κ1) is 48.7. The van der Waals surface area contributed by atoms with Crippen molar-refractivity contribution in [3.8, 4) is 33.4 Å². The minimum Gasteiger partial charge on any atom is -0.311 e. The maximum Gasteiger partial charge on any atom is 0.249 e. The van der Waals surface area contributed by atoms with Gasteiger partial charge in [0, 0.05) is 26.7 Å². The van der Waals surface area contributed by atoms with E-state index in [-0.39, 0.29) is 41.9 Å². The molecule has 1 nitrogen and oxygen atoms in total. The van der Waals surface area contributed by atoms with Crippen molar-refractivity contribution in [3.05, 3.63) is 339 Å². The summed E-state index contributed by atoms with van der Waals surface area (Å²) in [6.45, 7) is 6.71. The van der Waals surface area contributed by atoms with E-state index in [4.69, 9.17) is 4.11 Å². The topological polar surface area (TPSA) is 3.24 Å². The molecule has 2 aliphatic heterocycles. The highest BCUT2D eigenvalue weighted by molar-refractivity contribution is 8.00. The molecular formula is C82H64BNSSi2. The van der Waals surface area contributed by atoms with Crippen LogP contribution in [-0.2, 0) is 5.41 Å². The van der Waals surface area contributed by atoms with Gasteiger partial charge in [-0.15, -0.1) is 0 Å². The standard InChI is InChI=1S/C82H64BNSSi2/c1-82(2,3)64-48-53-76(73(56-64)61-32-15-6-16-33-61)84-77-46-27-47-79-81(77)83(74-51-49-71(57-78(74)84)86(65-36-17-7-18-37-65,66-38-19-8-20-39-66)69-44-25-34-62(54-69)59-28-11-4-12-29-59)75-52-50-72(58-80(75)85-79)87(67-40-21-9-22-41-67,68-42-23-10-24-43-68)70-45-26-35-63(55-70)60-30-13-5-14-31-60/h4-58H,1-3H3/i4D,11D,12D,28D,29D. The first-order chi connectivity index (χ1) is 44.8. The molecule has 0 saturated heterocycles. The van der Waals surface area contributed by atoms with Crippen molar-refractivity contribution in [1.29, 1.82) is 0 Å². The summed E-state index contributed by atoms with van der Waals surface area (Å²) in [6.07, 6.45) is 0. The van der Waals surface area contributed by atoms with Crippen molar-refractivity contribution in [3.63, 3.8) is 0 Å². The molecule has 0 radical (unpaired) electrons. The van der Waals surface area contributed by atoms with Crippen molar-refractivity contribution >= 4 is 110 Å². The van der Waals surface area contributed by atoms with Crippen LogP contribution in [0.2, 0.25) is 0 Å². The summed E-state index contributed by atoms with van der Waals surface area (Å²) in [6, 6.07) is 111. The molecule has 0 fully saturated rings. The van der Waals surface area contributed by atoms with E-state index in [0.29, 0.717) is 5.56 Å². The molecule has 2 heterocycles. The molecule has 0 unspecified atom stereocenters. The molecule has 13 aromatic carbocycles. The number of benzene rings is 13. The zero-order valence-electron chi connectivity index (χ0n) is 53.8. The van der Waals surface area contributed by atoms with E-state index in [2.05, 4.69) is 317 Å². The minimum absolute atomic E-state index is 0.127. The molecule has 0 bridgehead atoms. The van der Waals surface area contributed by atoms with Crippen molar-refractivity contribution in [2.45, 2.75) is 36.0 Å². The highest BCUT2D eigenvalue weighted by Crippen LogP contribution is 2.46. The van der Waals surface area contributed by atoms with Gasteiger partial charge in [0.05, 0.1) is 12.5 Å². The molecule has 0 N–H and O–H groups in total. The summed E-state index contributed by atoms with van der Waals surface area (Å²) < 4.78 is 44.5.